The largest absolute Gasteiger partial charge is 0.480 e. The molecule has 0 fully saturated rings. The van der Waals surface area contributed by atoms with Gasteiger partial charge in [0.05, 0.1) is 18.9 Å². The number of carbonyl (C=O) groups excluding carboxylic acids is 6. The van der Waals surface area contributed by atoms with Crippen molar-refractivity contribution in [3.63, 3.8) is 0 Å². The summed E-state index contributed by atoms with van der Waals surface area (Å²) in [6.07, 6.45) is -1.95. The second-order valence-corrected chi connectivity index (χ2v) is 8.16. The molecular weight excluding hydrogens is 490 g/mol. The minimum Gasteiger partial charge on any atom is -0.480 e. The van der Waals surface area contributed by atoms with Crippen LogP contribution in [-0.2, 0) is 40.0 Å². The van der Waals surface area contributed by atoms with Crippen molar-refractivity contribution in [2.75, 3.05) is 0 Å². The van der Waals surface area contributed by atoms with Gasteiger partial charge in [0.2, 0.25) is 35.4 Å². The number of hydrogen-bond donors (Lipinski definition) is 8. The van der Waals surface area contributed by atoms with Crippen LogP contribution in [0.4, 0.5) is 0 Å². The third kappa shape index (κ3) is 11.6. The molecule has 0 heterocycles. The Kier molecular flexibility index (Phi) is 12.2. The smallest absolute Gasteiger partial charge is 0.326 e. The highest BCUT2D eigenvalue weighted by Gasteiger charge is 2.32. The third-order valence-electron chi connectivity index (χ3n) is 5.01. The summed E-state index contributed by atoms with van der Waals surface area (Å²) < 4.78 is 0. The fraction of sp³-hybridized carbons (Fsp3) is 0.409. The van der Waals surface area contributed by atoms with E-state index in [4.69, 9.17) is 22.9 Å². The first-order chi connectivity index (χ1) is 17.3. The van der Waals surface area contributed by atoms with Crippen molar-refractivity contribution in [3.05, 3.63) is 35.9 Å². The van der Waals surface area contributed by atoms with Gasteiger partial charge in [-0.1, -0.05) is 30.3 Å². The average Bonchev–Trinajstić information content (AvgIpc) is 2.80. The number of hydrogen-bond acceptors (Lipinski definition) is 8. The minimum absolute atomic E-state index is 0.139. The van der Waals surface area contributed by atoms with E-state index >= 15 is 0 Å². The molecule has 4 unspecified atom stereocenters. The Morgan fingerprint density at radius 2 is 1.19 bits per heavy atom. The second-order valence-electron chi connectivity index (χ2n) is 8.16. The van der Waals surface area contributed by atoms with E-state index in [-0.39, 0.29) is 19.3 Å². The molecule has 1 rings (SSSR count). The molecule has 0 radical (unpaired) electrons. The number of nitrogens with two attached hydrogens (primary N) is 4. The number of rotatable bonds is 16. The Morgan fingerprint density at radius 3 is 1.70 bits per heavy atom. The van der Waals surface area contributed by atoms with Gasteiger partial charge in [0.15, 0.2) is 0 Å². The van der Waals surface area contributed by atoms with Gasteiger partial charge in [-0.05, 0) is 18.4 Å². The van der Waals surface area contributed by atoms with Gasteiger partial charge in [-0.25, -0.2) is 4.79 Å². The number of carboxylic acids is 1. The fourth-order valence-corrected chi connectivity index (χ4v) is 3.15. The Hall–Kier alpha value is -4.53. The van der Waals surface area contributed by atoms with Gasteiger partial charge in [-0.2, -0.15) is 0 Å². The van der Waals surface area contributed by atoms with Crippen LogP contribution < -0.4 is 38.9 Å². The predicted octanol–water partition coefficient (Wildman–Crippen LogP) is -3.89. The predicted molar refractivity (Wildman–Crippen MR) is 128 cm³/mol. The van der Waals surface area contributed by atoms with Crippen LogP contribution in [0.2, 0.25) is 0 Å². The molecule has 0 saturated carbocycles. The third-order valence-corrected chi connectivity index (χ3v) is 5.01. The molecule has 37 heavy (non-hydrogen) atoms. The van der Waals surface area contributed by atoms with Crippen molar-refractivity contribution < 1.29 is 38.7 Å². The Balaban J connectivity index is 3.01. The van der Waals surface area contributed by atoms with Crippen LogP contribution in [0.15, 0.2) is 30.3 Å². The van der Waals surface area contributed by atoms with Gasteiger partial charge in [0, 0.05) is 6.42 Å². The summed E-state index contributed by atoms with van der Waals surface area (Å²) in [6, 6.07) is 2.91. The lowest BCUT2D eigenvalue weighted by Gasteiger charge is -2.24. The van der Waals surface area contributed by atoms with Crippen LogP contribution in [0, 0.1) is 0 Å². The Labute approximate surface area is 211 Å². The molecule has 1 aromatic carbocycles. The zero-order valence-corrected chi connectivity index (χ0v) is 19.8. The normalized spacial score (nSPS) is 13.8. The van der Waals surface area contributed by atoms with E-state index in [1.165, 1.54) is 0 Å². The fourth-order valence-electron chi connectivity index (χ4n) is 3.15. The van der Waals surface area contributed by atoms with Gasteiger partial charge in [-0.15, -0.1) is 0 Å². The van der Waals surface area contributed by atoms with Gasteiger partial charge in [0.25, 0.3) is 0 Å². The van der Waals surface area contributed by atoms with Crippen molar-refractivity contribution in [1.82, 2.24) is 16.0 Å². The molecule has 1 aromatic rings. The zero-order chi connectivity index (χ0) is 28.1. The molecule has 4 atom stereocenters. The minimum atomic E-state index is -1.74. The molecule has 0 aliphatic carbocycles. The number of nitrogens with one attached hydrogen (secondary N) is 3. The van der Waals surface area contributed by atoms with Crippen molar-refractivity contribution in [2.45, 2.75) is 56.3 Å². The number of benzene rings is 1. The van der Waals surface area contributed by atoms with E-state index in [2.05, 4.69) is 10.6 Å². The van der Waals surface area contributed by atoms with Crippen LogP contribution in [0.1, 0.15) is 31.2 Å². The molecule has 15 nitrogen and oxygen atoms in total. The molecule has 0 aromatic heterocycles. The lowest BCUT2D eigenvalue weighted by atomic mass is 10.0. The lowest BCUT2D eigenvalue weighted by Crippen LogP contribution is -2.58. The topological polar surface area (TPSA) is 280 Å². The summed E-state index contributed by atoms with van der Waals surface area (Å²) in [7, 11) is 0. The van der Waals surface area contributed by atoms with E-state index < -0.39 is 78.4 Å². The first-order valence-electron chi connectivity index (χ1n) is 11.1. The Bertz CT molecular complexity index is 1020. The summed E-state index contributed by atoms with van der Waals surface area (Å²) in [5.41, 5.74) is 22.0. The molecule has 6 amide bonds. The molecule has 202 valence electrons. The molecule has 0 aliphatic rings. The maximum absolute atomic E-state index is 12.9. The summed E-state index contributed by atoms with van der Waals surface area (Å²) in [5.74, 6) is -7.30. The Morgan fingerprint density at radius 1 is 0.703 bits per heavy atom. The first-order valence-corrected chi connectivity index (χ1v) is 11.1. The van der Waals surface area contributed by atoms with Gasteiger partial charge >= 0.3 is 5.97 Å². The SMILES string of the molecule is NC(=O)CCC(NC(=O)C(N)Cc1ccccc1)C(=O)NC(CC(N)=O)C(=O)NC(CC(N)=O)C(=O)O. The zero-order valence-electron chi connectivity index (χ0n) is 19.8. The number of amides is 6. The van der Waals surface area contributed by atoms with Crippen molar-refractivity contribution in [2.24, 2.45) is 22.9 Å². The number of carboxylic acid groups (broad SMARTS) is 1. The van der Waals surface area contributed by atoms with Gasteiger partial charge in [0.1, 0.15) is 18.1 Å². The van der Waals surface area contributed by atoms with Crippen LogP contribution in [0.3, 0.4) is 0 Å². The van der Waals surface area contributed by atoms with E-state index in [9.17, 15) is 38.7 Å². The summed E-state index contributed by atoms with van der Waals surface area (Å²) >= 11 is 0. The maximum atomic E-state index is 12.9. The van der Waals surface area contributed by atoms with Crippen LogP contribution in [0.5, 0.6) is 0 Å². The van der Waals surface area contributed by atoms with Crippen LogP contribution >= 0.6 is 0 Å². The second kappa shape index (κ2) is 14.8. The molecule has 0 bridgehead atoms. The van der Waals surface area contributed by atoms with Crippen molar-refractivity contribution >= 4 is 41.4 Å². The standard InChI is InChI=1S/C22H31N7O8/c23-12(8-11-4-2-1-3-5-11)19(33)27-13(6-7-16(24)30)20(34)28-14(9-17(25)31)21(35)29-15(22(36)37)10-18(26)32/h1-5,12-15H,6-10,23H2,(H2,24,30)(H2,25,31)(H2,26,32)(H,27,33)(H,28,34)(H,29,35)(H,36,37). The molecule has 15 heteroatoms. The highest BCUT2D eigenvalue weighted by atomic mass is 16.4. The first kappa shape index (κ1) is 30.5. The average molecular weight is 522 g/mol. The van der Waals surface area contributed by atoms with Crippen LogP contribution in [-0.4, -0.2) is 70.7 Å². The molecule has 0 saturated heterocycles. The highest BCUT2D eigenvalue weighted by molar-refractivity contribution is 5.97. The molecule has 0 aliphatic heterocycles. The van der Waals surface area contributed by atoms with Crippen LogP contribution in [0.25, 0.3) is 0 Å². The number of aliphatic carboxylic acids is 1. The van der Waals surface area contributed by atoms with E-state index in [1.54, 1.807) is 30.3 Å². The summed E-state index contributed by atoms with van der Waals surface area (Å²) in [5, 5.41) is 15.8. The molecular formula is C22H31N7O8. The monoisotopic (exact) mass is 521 g/mol. The number of primary amides is 3. The highest BCUT2D eigenvalue weighted by Crippen LogP contribution is 2.05. The number of carbonyl (C=O) groups is 7. The molecule has 12 N–H and O–H groups in total. The molecule has 0 spiro atoms. The van der Waals surface area contributed by atoms with E-state index in [0.29, 0.717) is 0 Å². The summed E-state index contributed by atoms with van der Waals surface area (Å²) in [4.78, 5) is 83.3. The van der Waals surface area contributed by atoms with E-state index in [0.717, 1.165) is 5.56 Å². The quantitative estimate of drug-likeness (QED) is 0.105. The van der Waals surface area contributed by atoms with Crippen molar-refractivity contribution in [3.8, 4) is 0 Å². The maximum Gasteiger partial charge on any atom is 0.326 e. The van der Waals surface area contributed by atoms with Gasteiger partial charge < -0.3 is 44.0 Å². The van der Waals surface area contributed by atoms with Crippen molar-refractivity contribution in [1.29, 1.82) is 0 Å². The lowest BCUT2D eigenvalue weighted by molar-refractivity contribution is -0.144. The van der Waals surface area contributed by atoms with E-state index in [1.807, 2.05) is 5.32 Å². The van der Waals surface area contributed by atoms with Gasteiger partial charge in [-0.3, -0.25) is 28.8 Å². The summed E-state index contributed by atoms with van der Waals surface area (Å²) in [6.45, 7) is 0.